The molecule has 0 aromatic carbocycles. The molecule has 1 aliphatic heterocycles. The molecule has 11 heteroatoms. The summed E-state index contributed by atoms with van der Waals surface area (Å²) in [6, 6.07) is 0. The Kier molecular flexibility index (Phi) is 5.24. The third kappa shape index (κ3) is 4.80. The van der Waals surface area contributed by atoms with E-state index in [-0.39, 0.29) is 25.6 Å². The van der Waals surface area contributed by atoms with Crippen LogP contribution in [0.4, 0.5) is 13.2 Å². The van der Waals surface area contributed by atoms with Gasteiger partial charge in [0, 0.05) is 19.6 Å². The fourth-order valence-corrected chi connectivity index (χ4v) is 2.57. The first-order valence-corrected chi connectivity index (χ1v) is 7.81. The van der Waals surface area contributed by atoms with Crippen molar-refractivity contribution in [2.24, 2.45) is 16.8 Å². The Morgan fingerprint density at radius 3 is 2.48 bits per heavy atom. The van der Waals surface area contributed by atoms with Crippen molar-refractivity contribution < 1.29 is 26.4 Å². The molecule has 0 spiro atoms. The van der Waals surface area contributed by atoms with Gasteiger partial charge in [-0.25, -0.2) is 9.86 Å². The molecule has 124 valence electrons. The van der Waals surface area contributed by atoms with Crippen molar-refractivity contribution in [2.75, 3.05) is 19.6 Å². The van der Waals surface area contributed by atoms with E-state index in [1.54, 1.807) is 0 Å². The van der Waals surface area contributed by atoms with Gasteiger partial charge in [-0.2, -0.15) is 21.6 Å². The molecule has 1 aliphatic rings. The zero-order valence-electron chi connectivity index (χ0n) is 11.5. The highest BCUT2D eigenvalue weighted by molar-refractivity contribution is 7.87. The van der Waals surface area contributed by atoms with Crippen molar-refractivity contribution in [3.05, 3.63) is 0 Å². The molecule has 2 atom stereocenters. The average Bonchev–Trinajstić information content (AvgIpc) is 2.33. The number of alkyl halides is 3. The second kappa shape index (κ2) is 6.07. The predicted molar refractivity (Wildman–Crippen MR) is 69.1 cm³/mol. The van der Waals surface area contributed by atoms with E-state index in [0.717, 1.165) is 4.90 Å². The summed E-state index contributed by atoms with van der Waals surface area (Å²) in [5.41, 5.74) is 2.15. The van der Waals surface area contributed by atoms with E-state index < -0.39 is 27.8 Å². The highest BCUT2D eigenvalue weighted by atomic mass is 32.2. The second-order valence-electron chi connectivity index (χ2n) is 5.35. The van der Waals surface area contributed by atoms with Crippen LogP contribution in [0.3, 0.4) is 0 Å². The molecule has 0 aromatic rings. The van der Waals surface area contributed by atoms with E-state index in [9.17, 15) is 26.4 Å². The van der Waals surface area contributed by atoms with Crippen molar-refractivity contribution in [1.82, 2.24) is 9.62 Å². The van der Waals surface area contributed by atoms with Gasteiger partial charge >= 0.3 is 6.18 Å². The fourth-order valence-electron chi connectivity index (χ4n) is 2.10. The van der Waals surface area contributed by atoms with Gasteiger partial charge in [0.2, 0.25) is 0 Å². The van der Waals surface area contributed by atoms with E-state index in [1.165, 1.54) is 0 Å². The van der Waals surface area contributed by atoms with Crippen LogP contribution in [0.5, 0.6) is 0 Å². The minimum atomic E-state index is -4.85. The number of halogens is 3. The molecule has 1 amide bonds. The number of likely N-dealkylation sites (tertiary alicyclic amines) is 1. The van der Waals surface area contributed by atoms with Crippen molar-refractivity contribution in [1.29, 1.82) is 0 Å². The maximum absolute atomic E-state index is 12.8. The first kappa shape index (κ1) is 18.1. The van der Waals surface area contributed by atoms with E-state index in [4.69, 9.17) is 10.9 Å². The highest BCUT2D eigenvalue weighted by Gasteiger charge is 2.55. The topological polar surface area (TPSA) is 119 Å². The van der Waals surface area contributed by atoms with Gasteiger partial charge in [-0.15, -0.1) is 0 Å². The van der Waals surface area contributed by atoms with E-state index >= 15 is 0 Å². The summed E-state index contributed by atoms with van der Waals surface area (Å²) >= 11 is 0. The first-order chi connectivity index (χ1) is 9.34. The molecular weight excluding hydrogens is 313 g/mol. The minimum absolute atomic E-state index is 0.00419. The predicted octanol–water partition coefficient (Wildman–Crippen LogP) is -0.702. The Morgan fingerprint density at radius 1 is 1.43 bits per heavy atom. The van der Waals surface area contributed by atoms with Gasteiger partial charge in [0.05, 0.1) is 0 Å². The van der Waals surface area contributed by atoms with Crippen molar-refractivity contribution in [3.8, 4) is 0 Å². The van der Waals surface area contributed by atoms with Crippen molar-refractivity contribution in [3.63, 3.8) is 0 Å². The summed E-state index contributed by atoms with van der Waals surface area (Å²) in [6.07, 6.45) is -3.80. The molecular formula is C10H19F3N4O3S. The molecule has 21 heavy (non-hydrogen) atoms. The summed E-state index contributed by atoms with van der Waals surface area (Å²) in [7, 11) is -3.87. The number of piperidine rings is 1. The van der Waals surface area contributed by atoms with Gasteiger partial charge in [-0.1, -0.05) is 0 Å². The maximum Gasteiger partial charge on any atom is 0.415 e. The van der Waals surface area contributed by atoms with E-state index in [2.05, 4.69) is 4.72 Å². The molecule has 1 saturated heterocycles. The lowest BCUT2D eigenvalue weighted by Gasteiger charge is -2.38. The molecule has 0 bridgehead atoms. The summed E-state index contributed by atoms with van der Waals surface area (Å²) < 4.78 is 62.0. The third-order valence-corrected chi connectivity index (χ3v) is 3.98. The molecule has 7 nitrogen and oxygen atoms in total. The van der Waals surface area contributed by atoms with Crippen LogP contribution >= 0.6 is 0 Å². The molecule has 1 heterocycles. The number of rotatable bonds is 4. The fraction of sp³-hybridized carbons (Fsp3) is 0.900. The summed E-state index contributed by atoms with van der Waals surface area (Å²) in [5.74, 6) is -1.51. The second-order valence-corrected chi connectivity index (χ2v) is 6.73. The number of nitrogens with two attached hydrogens (primary N) is 2. The van der Waals surface area contributed by atoms with Crippen molar-refractivity contribution in [2.45, 2.75) is 31.5 Å². The average molecular weight is 332 g/mol. The zero-order valence-corrected chi connectivity index (χ0v) is 12.3. The van der Waals surface area contributed by atoms with Gasteiger partial charge in [0.1, 0.15) is 0 Å². The Hall–Kier alpha value is -0.910. The number of hydrogen-bond donors (Lipinski definition) is 3. The Balaban J connectivity index is 2.70. The summed E-state index contributed by atoms with van der Waals surface area (Å²) in [5, 5.41) is 4.79. The lowest BCUT2D eigenvalue weighted by Crippen LogP contribution is -2.63. The number of nitrogens with one attached hydrogen (secondary N) is 1. The number of carbonyl (C=O) groups excluding carboxylic acids is 1. The molecule has 0 saturated carbocycles. The smallest absolute Gasteiger partial charge is 0.340 e. The first-order valence-electron chi connectivity index (χ1n) is 6.27. The van der Waals surface area contributed by atoms with Crippen LogP contribution in [-0.4, -0.2) is 50.6 Å². The molecule has 5 N–H and O–H groups in total. The monoisotopic (exact) mass is 332 g/mol. The van der Waals surface area contributed by atoms with Crippen LogP contribution in [0, 0.1) is 5.92 Å². The van der Waals surface area contributed by atoms with Crippen LogP contribution in [0.1, 0.15) is 19.8 Å². The summed E-state index contributed by atoms with van der Waals surface area (Å²) in [6.45, 7) is 0.759. The van der Waals surface area contributed by atoms with E-state index in [0.29, 0.717) is 19.8 Å². The lowest BCUT2D eigenvalue weighted by atomic mass is 9.94. The Bertz CT molecular complexity index is 492. The largest absolute Gasteiger partial charge is 0.415 e. The zero-order chi connectivity index (χ0) is 16.5. The normalized spacial score (nSPS) is 23.7. The van der Waals surface area contributed by atoms with Crippen LogP contribution < -0.4 is 15.6 Å². The Morgan fingerprint density at radius 2 is 2.00 bits per heavy atom. The SMILES string of the molecule is CC(N)(C(=O)N1CCCC(CNS(N)(=O)=O)C1)C(F)(F)F. The van der Waals surface area contributed by atoms with Gasteiger partial charge in [0.15, 0.2) is 5.54 Å². The number of amides is 1. The molecule has 0 radical (unpaired) electrons. The quantitative estimate of drug-likeness (QED) is 0.630. The third-order valence-electron chi connectivity index (χ3n) is 3.41. The van der Waals surface area contributed by atoms with E-state index in [1.807, 2.05) is 0 Å². The van der Waals surface area contributed by atoms with Crippen LogP contribution in [0.25, 0.3) is 0 Å². The van der Waals surface area contributed by atoms with Crippen LogP contribution in [0.2, 0.25) is 0 Å². The van der Waals surface area contributed by atoms with Crippen LogP contribution in [-0.2, 0) is 15.0 Å². The number of carbonyl (C=O) groups is 1. The van der Waals surface area contributed by atoms with Gasteiger partial charge in [-0.3, -0.25) is 4.79 Å². The molecule has 1 rings (SSSR count). The lowest BCUT2D eigenvalue weighted by molar-refractivity contribution is -0.194. The van der Waals surface area contributed by atoms with Crippen molar-refractivity contribution >= 4 is 16.1 Å². The molecule has 2 unspecified atom stereocenters. The molecule has 1 fully saturated rings. The summed E-state index contributed by atoms with van der Waals surface area (Å²) in [4.78, 5) is 13.0. The minimum Gasteiger partial charge on any atom is -0.340 e. The molecule has 0 aliphatic carbocycles. The Labute approximate surface area is 121 Å². The maximum atomic E-state index is 12.8. The number of hydrogen-bond acceptors (Lipinski definition) is 4. The van der Waals surface area contributed by atoms with Gasteiger partial charge in [-0.05, 0) is 25.7 Å². The van der Waals surface area contributed by atoms with Gasteiger partial charge < -0.3 is 10.6 Å². The molecule has 0 aromatic heterocycles. The van der Waals surface area contributed by atoms with Gasteiger partial charge in [0.25, 0.3) is 16.1 Å². The highest BCUT2D eigenvalue weighted by Crippen LogP contribution is 2.30. The number of nitrogens with zero attached hydrogens (tertiary/aromatic N) is 1. The standard InChI is InChI=1S/C10H19F3N4O3S/c1-9(14,10(11,12)13)8(18)17-4-2-3-7(6-17)5-16-21(15,19)20/h7,16H,2-6,14H2,1H3,(H2,15,19,20). The van der Waals surface area contributed by atoms with Crippen LogP contribution in [0.15, 0.2) is 0 Å².